The van der Waals surface area contributed by atoms with Crippen LogP contribution < -0.4 is 20.1 Å². The van der Waals surface area contributed by atoms with Crippen LogP contribution in [0.2, 0.25) is 0 Å². The minimum absolute atomic E-state index is 0.113. The van der Waals surface area contributed by atoms with Crippen LogP contribution >= 0.6 is 0 Å². The van der Waals surface area contributed by atoms with Gasteiger partial charge in [-0.15, -0.1) is 0 Å². The van der Waals surface area contributed by atoms with Crippen molar-refractivity contribution in [3.8, 4) is 11.5 Å². The number of unbranched alkanes of at least 4 members (excludes halogenated alkanes) is 2. The second-order valence-corrected chi connectivity index (χ2v) is 8.12. The molecule has 0 saturated carbocycles. The number of halogens is 3. The standard InChI is InChI=1S/C26H33F3N2O4/c1-4-7-14-30-24(32)34-20-12-13-22(23(17-20)35-25(33)31-15-8-5-2)21(6-3)18-10-9-11-19(16-18)26(27,28)29/h9-13,16-17,21H,4-8,14-15H2,1-3H3,(H,30,32)(H,31,33). The van der Waals surface area contributed by atoms with Crippen molar-refractivity contribution in [2.24, 2.45) is 0 Å². The van der Waals surface area contributed by atoms with Crippen LogP contribution in [0.25, 0.3) is 0 Å². The van der Waals surface area contributed by atoms with Crippen LogP contribution in [0.4, 0.5) is 22.8 Å². The maximum Gasteiger partial charge on any atom is 0.416 e. The number of carbonyl (C=O) groups excluding carboxylic acids is 2. The number of alkyl halides is 3. The first kappa shape index (κ1) is 28.0. The number of hydrogen-bond donors (Lipinski definition) is 2. The molecule has 2 rings (SSSR count). The molecular weight excluding hydrogens is 461 g/mol. The summed E-state index contributed by atoms with van der Waals surface area (Å²) >= 11 is 0. The van der Waals surface area contributed by atoms with Gasteiger partial charge < -0.3 is 20.1 Å². The SMILES string of the molecule is CCCCNC(=O)Oc1ccc(C(CC)c2cccc(C(F)(F)F)c2)c(OC(=O)NCCCC)c1. The molecule has 0 fully saturated rings. The lowest BCUT2D eigenvalue weighted by Gasteiger charge is -2.21. The van der Waals surface area contributed by atoms with Crippen molar-refractivity contribution in [1.29, 1.82) is 0 Å². The Balaban J connectivity index is 2.38. The van der Waals surface area contributed by atoms with Gasteiger partial charge in [-0.25, -0.2) is 9.59 Å². The third-order valence-corrected chi connectivity index (χ3v) is 5.40. The van der Waals surface area contributed by atoms with E-state index in [1.165, 1.54) is 18.2 Å². The van der Waals surface area contributed by atoms with Crippen LogP contribution in [-0.4, -0.2) is 25.3 Å². The Hall–Kier alpha value is -3.23. The molecule has 0 bridgehead atoms. The molecular formula is C26H33F3N2O4. The van der Waals surface area contributed by atoms with Gasteiger partial charge in [-0.05, 0) is 37.0 Å². The van der Waals surface area contributed by atoms with Crippen molar-refractivity contribution in [2.45, 2.75) is 65.0 Å². The zero-order chi connectivity index (χ0) is 25.8. The molecule has 0 aliphatic heterocycles. The van der Waals surface area contributed by atoms with Gasteiger partial charge in [0, 0.05) is 30.6 Å². The predicted molar refractivity (Wildman–Crippen MR) is 128 cm³/mol. The van der Waals surface area contributed by atoms with E-state index in [0.717, 1.165) is 37.8 Å². The average molecular weight is 495 g/mol. The van der Waals surface area contributed by atoms with Gasteiger partial charge in [0.2, 0.25) is 0 Å². The molecule has 1 atom stereocenters. The van der Waals surface area contributed by atoms with Gasteiger partial charge in [0.15, 0.2) is 0 Å². The van der Waals surface area contributed by atoms with Gasteiger partial charge >= 0.3 is 18.4 Å². The Morgan fingerprint density at radius 1 is 0.886 bits per heavy atom. The molecule has 0 saturated heterocycles. The highest BCUT2D eigenvalue weighted by atomic mass is 19.4. The monoisotopic (exact) mass is 494 g/mol. The fourth-order valence-corrected chi connectivity index (χ4v) is 3.53. The molecule has 2 aromatic rings. The summed E-state index contributed by atoms with van der Waals surface area (Å²) in [5.74, 6) is -0.219. The molecule has 192 valence electrons. The van der Waals surface area contributed by atoms with Crippen LogP contribution in [0.15, 0.2) is 42.5 Å². The van der Waals surface area contributed by atoms with Gasteiger partial charge in [-0.2, -0.15) is 13.2 Å². The number of benzene rings is 2. The normalized spacial score (nSPS) is 12.1. The van der Waals surface area contributed by atoms with Crippen LogP contribution in [-0.2, 0) is 6.18 Å². The highest BCUT2D eigenvalue weighted by molar-refractivity contribution is 5.73. The van der Waals surface area contributed by atoms with Crippen molar-refractivity contribution < 1.29 is 32.2 Å². The van der Waals surface area contributed by atoms with E-state index in [9.17, 15) is 22.8 Å². The minimum Gasteiger partial charge on any atom is -0.410 e. The molecule has 0 aliphatic carbocycles. The van der Waals surface area contributed by atoms with Gasteiger partial charge in [0.05, 0.1) is 5.56 Å². The first-order chi connectivity index (χ1) is 16.7. The number of ether oxygens (including phenoxy) is 2. The summed E-state index contributed by atoms with van der Waals surface area (Å²) < 4.78 is 50.7. The number of nitrogens with one attached hydrogen (secondary N) is 2. The Morgan fingerprint density at radius 3 is 2.09 bits per heavy atom. The Morgan fingerprint density at radius 2 is 1.51 bits per heavy atom. The number of amides is 2. The minimum atomic E-state index is -4.48. The van der Waals surface area contributed by atoms with Crippen LogP contribution in [0.5, 0.6) is 11.5 Å². The second-order valence-electron chi connectivity index (χ2n) is 8.12. The molecule has 0 radical (unpaired) electrons. The smallest absolute Gasteiger partial charge is 0.410 e. The van der Waals surface area contributed by atoms with Crippen molar-refractivity contribution in [3.63, 3.8) is 0 Å². The average Bonchev–Trinajstić information content (AvgIpc) is 2.81. The van der Waals surface area contributed by atoms with Crippen molar-refractivity contribution in [3.05, 3.63) is 59.2 Å². The molecule has 2 aromatic carbocycles. The van der Waals surface area contributed by atoms with E-state index in [1.807, 2.05) is 20.8 Å². The largest absolute Gasteiger partial charge is 0.416 e. The number of hydrogen-bond acceptors (Lipinski definition) is 4. The number of rotatable bonds is 11. The molecule has 0 aromatic heterocycles. The fourth-order valence-electron chi connectivity index (χ4n) is 3.53. The molecule has 0 aliphatic rings. The molecule has 9 heteroatoms. The topological polar surface area (TPSA) is 76.7 Å². The van der Waals surface area contributed by atoms with E-state index in [2.05, 4.69) is 10.6 Å². The van der Waals surface area contributed by atoms with Gasteiger partial charge in [0.1, 0.15) is 11.5 Å². The summed E-state index contributed by atoms with van der Waals surface area (Å²) in [5.41, 5.74) is 0.192. The highest BCUT2D eigenvalue weighted by Gasteiger charge is 2.31. The third-order valence-electron chi connectivity index (χ3n) is 5.40. The van der Waals surface area contributed by atoms with Gasteiger partial charge in [-0.1, -0.05) is 57.9 Å². The highest BCUT2D eigenvalue weighted by Crippen LogP contribution is 2.39. The molecule has 0 spiro atoms. The van der Waals surface area contributed by atoms with Crippen LogP contribution in [0.1, 0.15) is 75.5 Å². The first-order valence-electron chi connectivity index (χ1n) is 11.9. The summed E-state index contributed by atoms with van der Waals surface area (Å²) in [6, 6.07) is 9.64. The van der Waals surface area contributed by atoms with Crippen molar-refractivity contribution >= 4 is 12.2 Å². The molecule has 2 amide bonds. The molecule has 6 nitrogen and oxygen atoms in total. The first-order valence-corrected chi connectivity index (χ1v) is 11.9. The summed E-state index contributed by atoms with van der Waals surface area (Å²) in [4.78, 5) is 24.4. The molecule has 2 N–H and O–H groups in total. The third kappa shape index (κ3) is 8.81. The Labute approximate surface area is 204 Å². The van der Waals surface area contributed by atoms with E-state index in [4.69, 9.17) is 9.47 Å². The lowest BCUT2D eigenvalue weighted by atomic mass is 9.87. The lowest BCUT2D eigenvalue weighted by molar-refractivity contribution is -0.137. The quantitative estimate of drug-likeness (QED) is 0.329. The maximum atomic E-state index is 13.3. The zero-order valence-electron chi connectivity index (χ0n) is 20.3. The molecule has 0 heterocycles. The van der Waals surface area contributed by atoms with Crippen molar-refractivity contribution in [2.75, 3.05) is 13.1 Å². The Kier molecular flexibility index (Phi) is 10.9. The van der Waals surface area contributed by atoms with Crippen molar-refractivity contribution in [1.82, 2.24) is 10.6 Å². The van der Waals surface area contributed by atoms with Gasteiger partial charge in [0.25, 0.3) is 0 Å². The van der Waals surface area contributed by atoms with E-state index in [1.54, 1.807) is 12.1 Å². The summed E-state index contributed by atoms with van der Waals surface area (Å²) in [5, 5.41) is 5.28. The number of carbonyl (C=O) groups is 2. The van der Waals surface area contributed by atoms with Crippen LogP contribution in [0, 0.1) is 0 Å². The fraction of sp³-hybridized carbons (Fsp3) is 0.462. The molecule has 1 unspecified atom stereocenters. The summed E-state index contributed by atoms with van der Waals surface area (Å²) in [6.45, 7) is 6.70. The summed E-state index contributed by atoms with van der Waals surface area (Å²) in [6.07, 6.45) is -2.00. The van der Waals surface area contributed by atoms with E-state index in [0.29, 0.717) is 30.6 Å². The van der Waals surface area contributed by atoms with Crippen LogP contribution in [0.3, 0.4) is 0 Å². The summed E-state index contributed by atoms with van der Waals surface area (Å²) in [7, 11) is 0. The second kappa shape index (κ2) is 13.6. The van der Waals surface area contributed by atoms with E-state index < -0.39 is 29.8 Å². The maximum absolute atomic E-state index is 13.3. The Bertz CT molecular complexity index is 979. The van der Waals surface area contributed by atoms with E-state index in [-0.39, 0.29) is 11.5 Å². The molecule has 35 heavy (non-hydrogen) atoms. The predicted octanol–water partition coefficient (Wildman–Crippen LogP) is 7.02. The van der Waals surface area contributed by atoms with Gasteiger partial charge in [-0.3, -0.25) is 0 Å². The zero-order valence-corrected chi connectivity index (χ0v) is 20.3. The van der Waals surface area contributed by atoms with E-state index >= 15 is 0 Å². The lowest BCUT2D eigenvalue weighted by Crippen LogP contribution is -2.28.